The maximum absolute atomic E-state index is 13.5. The van der Waals surface area contributed by atoms with Crippen LogP contribution in [0, 0.1) is 17.2 Å². The minimum absolute atomic E-state index is 0.0855. The Morgan fingerprint density at radius 3 is 2.58 bits per heavy atom. The number of carbonyl (C=O) groups excluding carboxylic acids is 2. The molecule has 2 amide bonds. The van der Waals surface area contributed by atoms with Crippen LogP contribution in [-0.2, 0) is 4.79 Å². The molecule has 4 aromatic rings. The van der Waals surface area contributed by atoms with Crippen LogP contribution in [0.25, 0.3) is 22.4 Å². The fourth-order valence-corrected chi connectivity index (χ4v) is 4.76. The third-order valence-corrected chi connectivity index (χ3v) is 6.92. The van der Waals surface area contributed by atoms with Crippen molar-refractivity contribution in [2.75, 3.05) is 38.1 Å². The molecule has 1 aliphatic rings. The molecule has 204 valence electrons. The van der Waals surface area contributed by atoms with Gasteiger partial charge in [0.1, 0.15) is 29.0 Å². The molecule has 5 rings (SSSR count). The Morgan fingerprint density at radius 1 is 1.07 bits per heavy atom. The molecule has 2 aromatic heterocycles. The van der Waals surface area contributed by atoms with Crippen LogP contribution in [0.1, 0.15) is 35.8 Å². The molecule has 10 heteroatoms. The summed E-state index contributed by atoms with van der Waals surface area (Å²) in [4.78, 5) is 39.2. The van der Waals surface area contributed by atoms with E-state index in [-0.39, 0.29) is 11.8 Å². The third kappa shape index (κ3) is 6.21. The van der Waals surface area contributed by atoms with Gasteiger partial charge in [0.25, 0.3) is 5.91 Å². The van der Waals surface area contributed by atoms with Gasteiger partial charge in [-0.1, -0.05) is 42.5 Å². The SMILES string of the molecule is CC(=O)NCCNc1nc(-c2ccccc2)nc2[nH]c(C(=O)N3CCC(COc4ccccc4C#N)CC3)cc12. The van der Waals surface area contributed by atoms with E-state index >= 15 is 0 Å². The number of piperidine rings is 1. The number of nitriles is 1. The molecule has 10 nitrogen and oxygen atoms in total. The maximum atomic E-state index is 13.5. The zero-order chi connectivity index (χ0) is 27.9. The topological polar surface area (TPSA) is 136 Å². The van der Waals surface area contributed by atoms with Gasteiger partial charge in [-0.25, -0.2) is 9.97 Å². The monoisotopic (exact) mass is 537 g/mol. The molecule has 0 unspecified atom stereocenters. The predicted molar refractivity (Wildman–Crippen MR) is 152 cm³/mol. The van der Waals surface area contributed by atoms with E-state index in [1.165, 1.54) is 6.92 Å². The van der Waals surface area contributed by atoms with Gasteiger partial charge < -0.3 is 25.3 Å². The Balaban J connectivity index is 1.28. The standard InChI is InChI=1S/C30H31N7O3/c1-20(38)32-13-14-33-28-24-17-25(34-29(24)36-27(35-28)22-7-3-2-4-8-22)30(39)37-15-11-21(12-16-37)19-40-26-10-6-5-9-23(26)18-31/h2-10,17,21H,11-16,19H2,1H3,(H,32,38)(H2,33,34,35,36). The number of ether oxygens (including phenoxy) is 1. The summed E-state index contributed by atoms with van der Waals surface area (Å²) in [6, 6.07) is 20.8. The van der Waals surface area contributed by atoms with E-state index in [2.05, 4.69) is 21.7 Å². The average molecular weight is 538 g/mol. The molecule has 0 spiro atoms. The Hall–Kier alpha value is -4.91. The minimum atomic E-state index is -0.101. The smallest absolute Gasteiger partial charge is 0.270 e. The first-order chi connectivity index (χ1) is 19.5. The molecule has 0 atom stereocenters. The number of hydrogen-bond donors (Lipinski definition) is 3. The highest BCUT2D eigenvalue weighted by molar-refractivity contribution is 6.00. The van der Waals surface area contributed by atoms with Crippen molar-refractivity contribution in [1.82, 2.24) is 25.2 Å². The normalized spacial score (nSPS) is 13.6. The van der Waals surface area contributed by atoms with Gasteiger partial charge >= 0.3 is 0 Å². The number of likely N-dealkylation sites (tertiary alicyclic amines) is 1. The van der Waals surface area contributed by atoms with Crippen molar-refractivity contribution in [3.8, 4) is 23.2 Å². The van der Waals surface area contributed by atoms with Crippen molar-refractivity contribution in [1.29, 1.82) is 5.26 Å². The molecule has 3 N–H and O–H groups in total. The van der Waals surface area contributed by atoms with Gasteiger partial charge in [0.05, 0.1) is 17.6 Å². The van der Waals surface area contributed by atoms with Crippen LogP contribution in [0.15, 0.2) is 60.7 Å². The zero-order valence-corrected chi connectivity index (χ0v) is 22.3. The van der Waals surface area contributed by atoms with Crippen molar-refractivity contribution in [2.45, 2.75) is 19.8 Å². The highest BCUT2D eigenvalue weighted by Gasteiger charge is 2.26. The van der Waals surface area contributed by atoms with Crippen LogP contribution in [0.2, 0.25) is 0 Å². The summed E-state index contributed by atoms with van der Waals surface area (Å²) in [5, 5.41) is 16.0. The average Bonchev–Trinajstić information content (AvgIpc) is 3.43. The number of anilines is 1. The Bertz CT molecular complexity index is 1540. The van der Waals surface area contributed by atoms with E-state index in [9.17, 15) is 14.9 Å². The van der Waals surface area contributed by atoms with Crippen molar-refractivity contribution >= 4 is 28.7 Å². The first-order valence-electron chi connectivity index (χ1n) is 13.4. The molecular weight excluding hydrogens is 506 g/mol. The van der Waals surface area contributed by atoms with Crippen LogP contribution < -0.4 is 15.4 Å². The summed E-state index contributed by atoms with van der Waals surface area (Å²) < 4.78 is 5.92. The fraction of sp³-hybridized carbons (Fsp3) is 0.300. The lowest BCUT2D eigenvalue weighted by atomic mass is 9.97. The first-order valence-corrected chi connectivity index (χ1v) is 13.4. The molecule has 0 bridgehead atoms. The number of aromatic amines is 1. The summed E-state index contributed by atoms with van der Waals surface area (Å²) in [7, 11) is 0. The Morgan fingerprint density at radius 2 is 1.82 bits per heavy atom. The van der Waals surface area contributed by atoms with Crippen LogP contribution >= 0.6 is 0 Å². The van der Waals surface area contributed by atoms with Gasteiger partial charge in [-0.3, -0.25) is 9.59 Å². The Labute approximate surface area is 232 Å². The number of nitrogens with zero attached hydrogens (tertiary/aromatic N) is 4. The number of aromatic nitrogens is 3. The Kier molecular flexibility index (Phi) is 8.21. The largest absolute Gasteiger partial charge is 0.492 e. The quantitative estimate of drug-likeness (QED) is 0.275. The minimum Gasteiger partial charge on any atom is -0.492 e. The van der Waals surface area contributed by atoms with Crippen LogP contribution in [-0.4, -0.2) is 64.5 Å². The number of para-hydroxylation sites is 1. The summed E-state index contributed by atoms with van der Waals surface area (Å²) in [6.45, 7) is 4.14. The van der Waals surface area contributed by atoms with E-state index in [0.717, 1.165) is 18.4 Å². The lowest BCUT2D eigenvalue weighted by Gasteiger charge is -2.31. The molecule has 1 aliphatic heterocycles. The predicted octanol–water partition coefficient (Wildman–Crippen LogP) is 3.98. The van der Waals surface area contributed by atoms with Crippen LogP contribution in [0.5, 0.6) is 5.75 Å². The lowest BCUT2D eigenvalue weighted by molar-refractivity contribution is -0.118. The number of benzene rings is 2. The number of hydrogen-bond acceptors (Lipinski definition) is 7. The summed E-state index contributed by atoms with van der Waals surface area (Å²) in [5.74, 6) is 1.85. The van der Waals surface area contributed by atoms with Gasteiger partial charge in [0, 0.05) is 38.7 Å². The molecule has 0 radical (unpaired) electrons. The molecule has 3 heterocycles. The molecule has 2 aromatic carbocycles. The number of fused-ring (bicyclic) bond motifs is 1. The number of amides is 2. The number of carbonyl (C=O) groups is 2. The van der Waals surface area contributed by atoms with Crippen molar-refractivity contribution in [2.24, 2.45) is 5.92 Å². The summed E-state index contributed by atoms with van der Waals surface area (Å²) >= 11 is 0. The van der Waals surface area contributed by atoms with Gasteiger partial charge in [-0.2, -0.15) is 5.26 Å². The van der Waals surface area contributed by atoms with E-state index in [1.54, 1.807) is 12.1 Å². The number of nitrogens with one attached hydrogen (secondary N) is 3. The molecule has 40 heavy (non-hydrogen) atoms. The van der Waals surface area contributed by atoms with E-state index < -0.39 is 0 Å². The van der Waals surface area contributed by atoms with Gasteiger partial charge in [-0.05, 0) is 37.0 Å². The van der Waals surface area contributed by atoms with Crippen LogP contribution in [0.3, 0.4) is 0 Å². The van der Waals surface area contributed by atoms with E-state index in [4.69, 9.17) is 14.7 Å². The molecule has 0 saturated carbocycles. The summed E-state index contributed by atoms with van der Waals surface area (Å²) in [6.07, 6.45) is 1.63. The second kappa shape index (κ2) is 12.3. The van der Waals surface area contributed by atoms with Crippen molar-refractivity contribution in [3.05, 3.63) is 71.9 Å². The molecule has 1 fully saturated rings. The molecule has 1 saturated heterocycles. The number of H-pyrrole nitrogens is 1. The van der Waals surface area contributed by atoms with Crippen molar-refractivity contribution in [3.63, 3.8) is 0 Å². The fourth-order valence-electron chi connectivity index (χ4n) is 4.76. The summed E-state index contributed by atoms with van der Waals surface area (Å²) in [5.41, 5.74) is 2.41. The second-order valence-corrected chi connectivity index (χ2v) is 9.77. The van der Waals surface area contributed by atoms with E-state index in [0.29, 0.717) is 78.4 Å². The second-order valence-electron chi connectivity index (χ2n) is 9.77. The van der Waals surface area contributed by atoms with E-state index in [1.807, 2.05) is 53.4 Å². The van der Waals surface area contributed by atoms with Gasteiger partial charge in [-0.15, -0.1) is 0 Å². The molecule has 0 aliphatic carbocycles. The van der Waals surface area contributed by atoms with Crippen molar-refractivity contribution < 1.29 is 14.3 Å². The highest BCUT2D eigenvalue weighted by atomic mass is 16.5. The van der Waals surface area contributed by atoms with Crippen LogP contribution in [0.4, 0.5) is 5.82 Å². The maximum Gasteiger partial charge on any atom is 0.270 e. The first kappa shape index (κ1) is 26.7. The third-order valence-electron chi connectivity index (χ3n) is 6.92. The lowest BCUT2D eigenvalue weighted by Crippen LogP contribution is -2.39. The number of rotatable bonds is 9. The highest BCUT2D eigenvalue weighted by Crippen LogP contribution is 2.27. The zero-order valence-electron chi connectivity index (χ0n) is 22.3. The van der Waals surface area contributed by atoms with Gasteiger partial charge in [0.15, 0.2) is 5.82 Å². The van der Waals surface area contributed by atoms with Gasteiger partial charge in [0.2, 0.25) is 5.91 Å². The molecular formula is C30H31N7O3.